The molecular formula is C12H11FN2O3. The summed E-state index contributed by atoms with van der Waals surface area (Å²) in [5, 5.41) is 0. The van der Waals surface area contributed by atoms with Crippen LogP contribution in [0.25, 0.3) is 11.3 Å². The number of H-pyrrole nitrogens is 1. The number of benzene rings is 1. The largest absolute Gasteiger partial charge is 0.494 e. The zero-order chi connectivity index (χ0) is 13.1. The summed E-state index contributed by atoms with van der Waals surface area (Å²) in [6.07, 6.45) is 1.44. The lowest BCUT2D eigenvalue weighted by molar-refractivity contribution is 0.0588. The normalized spacial score (nSPS) is 10.2. The van der Waals surface area contributed by atoms with Crippen LogP contribution in [0.2, 0.25) is 0 Å². The van der Waals surface area contributed by atoms with E-state index in [4.69, 9.17) is 4.74 Å². The van der Waals surface area contributed by atoms with E-state index in [9.17, 15) is 9.18 Å². The number of aromatic nitrogens is 2. The quantitative estimate of drug-likeness (QED) is 0.846. The van der Waals surface area contributed by atoms with Crippen LogP contribution in [0.4, 0.5) is 4.39 Å². The molecule has 1 heterocycles. The molecule has 0 bridgehead atoms. The van der Waals surface area contributed by atoms with Crippen LogP contribution in [0.5, 0.6) is 5.75 Å². The maximum absolute atomic E-state index is 13.5. The van der Waals surface area contributed by atoms with Crippen LogP contribution in [0.3, 0.4) is 0 Å². The number of ether oxygens (including phenoxy) is 2. The summed E-state index contributed by atoms with van der Waals surface area (Å²) in [5.41, 5.74) is 1.09. The Morgan fingerprint density at radius 3 is 2.78 bits per heavy atom. The van der Waals surface area contributed by atoms with Gasteiger partial charge in [-0.3, -0.25) is 0 Å². The second-order valence-electron chi connectivity index (χ2n) is 3.49. The molecule has 5 nitrogen and oxygen atoms in total. The minimum atomic E-state index is -0.574. The van der Waals surface area contributed by atoms with E-state index in [1.807, 2.05) is 0 Å². The van der Waals surface area contributed by atoms with Gasteiger partial charge >= 0.3 is 5.97 Å². The fraction of sp³-hybridized carbons (Fsp3) is 0.167. The third-order valence-corrected chi connectivity index (χ3v) is 2.42. The Morgan fingerprint density at radius 1 is 1.39 bits per heavy atom. The molecule has 18 heavy (non-hydrogen) atoms. The number of halogens is 1. The number of methoxy groups -OCH3 is 2. The minimum Gasteiger partial charge on any atom is -0.494 e. The lowest BCUT2D eigenvalue weighted by Crippen LogP contribution is -2.03. The Balaban J connectivity index is 2.34. The van der Waals surface area contributed by atoms with Crippen molar-refractivity contribution in [3.05, 3.63) is 36.0 Å². The molecule has 0 spiro atoms. The maximum Gasteiger partial charge on any atom is 0.374 e. The Hall–Kier alpha value is -2.37. The highest BCUT2D eigenvalue weighted by Gasteiger charge is 2.12. The van der Waals surface area contributed by atoms with Crippen LogP contribution in [-0.2, 0) is 4.74 Å². The van der Waals surface area contributed by atoms with Crippen LogP contribution in [0, 0.1) is 5.82 Å². The highest BCUT2D eigenvalue weighted by atomic mass is 19.1. The molecule has 0 saturated heterocycles. The van der Waals surface area contributed by atoms with Crippen LogP contribution in [-0.4, -0.2) is 30.2 Å². The predicted octanol–water partition coefficient (Wildman–Crippen LogP) is 2.01. The number of nitrogens with zero attached hydrogens (tertiary/aromatic N) is 1. The van der Waals surface area contributed by atoms with E-state index in [0.29, 0.717) is 11.3 Å². The molecule has 0 aliphatic rings. The second-order valence-corrected chi connectivity index (χ2v) is 3.49. The van der Waals surface area contributed by atoms with Crippen molar-refractivity contribution in [1.29, 1.82) is 0 Å². The molecule has 2 rings (SSSR count). The smallest absolute Gasteiger partial charge is 0.374 e. The average molecular weight is 250 g/mol. The number of aromatic amines is 1. The molecule has 0 atom stereocenters. The zero-order valence-corrected chi connectivity index (χ0v) is 9.86. The van der Waals surface area contributed by atoms with Crippen molar-refractivity contribution < 1.29 is 18.7 Å². The molecule has 94 valence electrons. The summed E-state index contributed by atoms with van der Waals surface area (Å²) >= 11 is 0. The van der Waals surface area contributed by atoms with Gasteiger partial charge in [0.1, 0.15) is 0 Å². The van der Waals surface area contributed by atoms with E-state index in [-0.39, 0.29) is 11.6 Å². The molecule has 0 fully saturated rings. The van der Waals surface area contributed by atoms with Gasteiger partial charge in [0.2, 0.25) is 5.82 Å². The molecule has 1 aromatic carbocycles. The summed E-state index contributed by atoms with van der Waals surface area (Å²) in [7, 11) is 2.65. The van der Waals surface area contributed by atoms with Crippen LogP contribution in [0.15, 0.2) is 24.4 Å². The predicted molar refractivity (Wildman–Crippen MR) is 61.9 cm³/mol. The number of carbonyl (C=O) groups is 1. The summed E-state index contributed by atoms with van der Waals surface area (Å²) in [6.45, 7) is 0. The first-order valence-corrected chi connectivity index (χ1v) is 5.13. The van der Waals surface area contributed by atoms with Gasteiger partial charge < -0.3 is 14.5 Å². The second kappa shape index (κ2) is 4.87. The number of carbonyl (C=O) groups excluding carboxylic acids is 1. The third-order valence-electron chi connectivity index (χ3n) is 2.42. The van der Waals surface area contributed by atoms with E-state index >= 15 is 0 Å². The molecule has 0 aliphatic carbocycles. The third kappa shape index (κ3) is 2.17. The highest BCUT2D eigenvalue weighted by Crippen LogP contribution is 2.24. The Kier molecular flexibility index (Phi) is 3.27. The van der Waals surface area contributed by atoms with Crippen molar-refractivity contribution in [2.75, 3.05) is 14.2 Å². The fourth-order valence-electron chi connectivity index (χ4n) is 1.50. The van der Waals surface area contributed by atoms with Crippen molar-refractivity contribution in [1.82, 2.24) is 9.97 Å². The molecule has 1 N–H and O–H groups in total. The van der Waals surface area contributed by atoms with Gasteiger partial charge in [-0.1, -0.05) is 0 Å². The van der Waals surface area contributed by atoms with Gasteiger partial charge in [-0.2, -0.15) is 0 Å². The first kappa shape index (κ1) is 12.1. The van der Waals surface area contributed by atoms with Gasteiger partial charge in [0.05, 0.1) is 26.1 Å². The van der Waals surface area contributed by atoms with Crippen molar-refractivity contribution in [2.45, 2.75) is 0 Å². The molecule has 0 unspecified atom stereocenters. The monoisotopic (exact) mass is 250 g/mol. The molecule has 0 radical (unpaired) electrons. The topological polar surface area (TPSA) is 64.2 Å². The van der Waals surface area contributed by atoms with E-state index in [1.54, 1.807) is 6.07 Å². The minimum absolute atomic E-state index is 0.0729. The Bertz CT molecular complexity index is 580. The van der Waals surface area contributed by atoms with E-state index < -0.39 is 11.8 Å². The van der Waals surface area contributed by atoms with Crippen molar-refractivity contribution in [2.24, 2.45) is 0 Å². The van der Waals surface area contributed by atoms with E-state index in [2.05, 4.69) is 14.7 Å². The fourth-order valence-corrected chi connectivity index (χ4v) is 1.50. The number of esters is 1. The van der Waals surface area contributed by atoms with E-state index in [1.165, 1.54) is 32.5 Å². The van der Waals surface area contributed by atoms with Gasteiger partial charge in [0.25, 0.3) is 0 Å². The SMILES string of the molecule is COC(=O)c1ncc(-c2ccc(OC)c(F)c2)[nH]1. The van der Waals surface area contributed by atoms with Gasteiger partial charge in [0, 0.05) is 5.56 Å². The van der Waals surface area contributed by atoms with Crippen LogP contribution < -0.4 is 4.74 Å². The van der Waals surface area contributed by atoms with Crippen molar-refractivity contribution >= 4 is 5.97 Å². The Labute approximate surface area is 103 Å². The number of imidazole rings is 1. The number of hydrogen-bond donors (Lipinski definition) is 1. The van der Waals surface area contributed by atoms with Crippen molar-refractivity contribution in [3.63, 3.8) is 0 Å². The van der Waals surface area contributed by atoms with Crippen LogP contribution >= 0.6 is 0 Å². The van der Waals surface area contributed by atoms with Gasteiger partial charge in [0.15, 0.2) is 11.6 Å². The zero-order valence-electron chi connectivity index (χ0n) is 9.86. The lowest BCUT2D eigenvalue weighted by Gasteiger charge is -2.03. The lowest BCUT2D eigenvalue weighted by atomic mass is 10.1. The number of hydrogen-bond acceptors (Lipinski definition) is 4. The van der Waals surface area contributed by atoms with Gasteiger partial charge in [-0.05, 0) is 18.2 Å². The van der Waals surface area contributed by atoms with Crippen LogP contribution in [0.1, 0.15) is 10.6 Å². The summed E-state index contributed by atoms with van der Waals surface area (Å²) < 4.78 is 22.9. The molecule has 6 heteroatoms. The average Bonchev–Trinajstić information content (AvgIpc) is 2.87. The summed E-state index contributed by atoms with van der Waals surface area (Å²) in [6, 6.07) is 4.47. The first-order valence-electron chi connectivity index (χ1n) is 5.13. The van der Waals surface area contributed by atoms with Crippen molar-refractivity contribution in [3.8, 4) is 17.0 Å². The molecular weight excluding hydrogens is 239 g/mol. The van der Waals surface area contributed by atoms with Gasteiger partial charge in [-0.15, -0.1) is 0 Å². The highest BCUT2D eigenvalue weighted by molar-refractivity contribution is 5.86. The summed E-state index contributed by atoms with van der Waals surface area (Å²) in [4.78, 5) is 17.8. The van der Waals surface area contributed by atoms with E-state index in [0.717, 1.165) is 0 Å². The maximum atomic E-state index is 13.5. The number of nitrogens with one attached hydrogen (secondary N) is 1. The molecule has 0 saturated carbocycles. The molecule has 2 aromatic rings. The van der Waals surface area contributed by atoms with Gasteiger partial charge in [-0.25, -0.2) is 14.2 Å². The Morgan fingerprint density at radius 2 is 2.17 bits per heavy atom. The standard InChI is InChI=1S/C12H11FN2O3/c1-17-10-4-3-7(5-8(10)13)9-6-14-11(15-9)12(16)18-2/h3-6H,1-2H3,(H,14,15). The molecule has 0 amide bonds. The number of rotatable bonds is 3. The molecule has 1 aromatic heterocycles. The first-order chi connectivity index (χ1) is 8.65. The molecule has 0 aliphatic heterocycles. The summed E-state index contributed by atoms with van der Waals surface area (Å²) in [5.74, 6) is -0.824.